The molecule has 1 aromatic heterocycles. The van der Waals surface area contributed by atoms with Crippen LogP contribution in [0.4, 0.5) is 0 Å². The molecule has 0 bridgehead atoms. The fraction of sp³-hybridized carbons (Fsp3) is 0.571. The van der Waals surface area contributed by atoms with Gasteiger partial charge in [0.05, 0.1) is 6.10 Å². The van der Waals surface area contributed by atoms with Crippen LogP contribution in [0.3, 0.4) is 0 Å². The smallest absolute Gasteiger partial charge is 0.219 e. The summed E-state index contributed by atoms with van der Waals surface area (Å²) in [6.45, 7) is 8.25. The first-order valence-electron chi connectivity index (χ1n) is 9.59. The third-order valence-corrected chi connectivity index (χ3v) is 7.40. The van der Waals surface area contributed by atoms with Crippen molar-refractivity contribution in [3.8, 4) is 0 Å². The van der Waals surface area contributed by atoms with Crippen LogP contribution in [0.2, 0.25) is 0 Å². The average Bonchev–Trinajstić information content (AvgIpc) is 2.92. The zero-order valence-electron chi connectivity index (χ0n) is 15.7. The molecule has 3 heterocycles. The quantitative estimate of drug-likeness (QED) is 0.879. The van der Waals surface area contributed by atoms with Gasteiger partial charge in [0.2, 0.25) is 5.91 Å². The molecular formula is C21H28N2O2S. The van der Waals surface area contributed by atoms with Gasteiger partial charge in [-0.2, -0.15) is 0 Å². The van der Waals surface area contributed by atoms with Crippen molar-refractivity contribution in [2.75, 3.05) is 26.2 Å². The third kappa shape index (κ3) is 3.40. The largest absolute Gasteiger partial charge is 0.391 e. The van der Waals surface area contributed by atoms with E-state index >= 15 is 0 Å². The Labute approximate surface area is 159 Å². The van der Waals surface area contributed by atoms with Crippen LogP contribution in [0.25, 0.3) is 10.1 Å². The van der Waals surface area contributed by atoms with Crippen LogP contribution in [-0.2, 0) is 11.3 Å². The second-order valence-corrected chi connectivity index (χ2v) is 9.42. The molecule has 2 saturated heterocycles. The van der Waals surface area contributed by atoms with Crippen LogP contribution >= 0.6 is 11.3 Å². The summed E-state index contributed by atoms with van der Waals surface area (Å²) in [6.07, 6.45) is 2.59. The van der Waals surface area contributed by atoms with Crippen LogP contribution in [-0.4, -0.2) is 53.1 Å². The lowest BCUT2D eigenvalue weighted by Crippen LogP contribution is -2.54. The van der Waals surface area contributed by atoms with Gasteiger partial charge in [0.25, 0.3) is 0 Å². The lowest BCUT2D eigenvalue weighted by molar-refractivity contribution is -0.138. The lowest BCUT2D eigenvalue weighted by Gasteiger charge is -2.49. The van der Waals surface area contributed by atoms with E-state index in [4.69, 9.17) is 0 Å². The number of thiophene rings is 1. The van der Waals surface area contributed by atoms with E-state index in [2.05, 4.69) is 36.1 Å². The monoisotopic (exact) mass is 372 g/mol. The summed E-state index contributed by atoms with van der Waals surface area (Å²) in [7, 11) is 0. The zero-order valence-corrected chi connectivity index (χ0v) is 16.5. The molecule has 1 aromatic carbocycles. The Morgan fingerprint density at radius 2 is 2.04 bits per heavy atom. The molecule has 4 rings (SSSR count). The number of likely N-dealkylation sites (tertiary alicyclic amines) is 2. The molecule has 2 aromatic rings. The number of rotatable bonds is 2. The predicted molar refractivity (Wildman–Crippen MR) is 106 cm³/mol. The topological polar surface area (TPSA) is 43.8 Å². The van der Waals surface area contributed by atoms with Crippen LogP contribution in [0.5, 0.6) is 0 Å². The van der Waals surface area contributed by atoms with Gasteiger partial charge in [0, 0.05) is 36.1 Å². The molecule has 0 saturated carbocycles. The van der Waals surface area contributed by atoms with Gasteiger partial charge in [0.15, 0.2) is 0 Å². The van der Waals surface area contributed by atoms with E-state index in [-0.39, 0.29) is 17.4 Å². The SMILES string of the molecule is CC(=O)N1CC(O)CC2(CCN(Cc3c(C)sc4ccccc34)CC2)C1. The second kappa shape index (κ2) is 6.95. The summed E-state index contributed by atoms with van der Waals surface area (Å²) in [5, 5.41) is 11.7. The van der Waals surface area contributed by atoms with Crippen molar-refractivity contribution in [3.63, 3.8) is 0 Å². The van der Waals surface area contributed by atoms with Crippen molar-refractivity contribution in [3.05, 3.63) is 34.7 Å². The van der Waals surface area contributed by atoms with E-state index in [0.717, 1.165) is 45.4 Å². The third-order valence-electron chi connectivity index (χ3n) is 6.27. The number of benzene rings is 1. The van der Waals surface area contributed by atoms with Crippen molar-refractivity contribution in [2.24, 2.45) is 5.41 Å². The Bertz CT molecular complexity index is 807. The molecule has 26 heavy (non-hydrogen) atoms. The molecule has 1 N–H and O–H groups in total. The molecule has 1 spiro atoms. The van der Waals surface area contributed by atoms with E-state index in [1.807, 2.05) is 16.2 Å². The van der Waals surface area contributed by atoms with Gasteiger partial charge in [-0.3, -0.25) is 9.69 Å². The number of fused-ring (bicyclic) bond motifs is 1. The minimum Gasteiger partial charge on any atom is -0.391 e. The molecule has 4 nitrogen and oxygen atoms in total. The Morgan fingerprint density at radius 1 is 1.31 bits per heavy atom. The number of aryl methyl sites for hydroxylation is 1. The van der Waals surface area contributed by atoms with Crippen molar-refractivity contribution >= 4 is 27.3 Å². The fourth-order valence-corrected chi connectivity index (χ4v) is 5.86. The normalized spacial score (nSPS) is 23.7. The van der Waals surface area contributed by atoms with Gasteiger partial charge in [-0.15, -0.1) is 11.3 Å². The summed E-state index contributed by atoms with van der Waals surface area (Å²) in [5.74, 6) is 0.0888. The number of nitrogens with zero attached hydrogens (tertiary/aromatic N) is 2. The summed E-state index contributed by atoms with van der Waals surface area (Å²) in [5.41, 5.74) is 1.57. The van der Waals surface area contributed by atoms with E-state index in [0.29, 0.717) is 6.54 Å². The highest BCUT2D eigenvalue weighted by Crippen LogP contribution is 2.41. The predicted octanol–water partition coefficient (Wildman–Crippen LogP) is 3.41. The van der Waals surface area contributed by atoms with Gasteiger partial charge in [-0.05, 0) is 61.7 Å². The average molecular weight is 373 g/mol. The maximum Gasteiger partial charge on any atom is 0.219 e. The molecule has 140 valence electrons. The number of hydrogen-bond acceptors (Lipinski definition) is 4. The van der Waals surface area contributed by atoms with Gasteiger partial charge in [-0.1, -0.05) is 18.2 Å². The first kappa shape index (κ1) is 18.0. The maximum atomic E-state index is 11.8. The van der Waals surface area contributed by atoms with Crippen molar-refractivity contribution in [2.45, 2.75) is 45.8 Å². The lowest BCUT2D eigenvalue weighted by atomic mass is 9.71. The van der Waals surface area contributed by atoms with Gasteiger partial charge in [-0.25, -0.2) is 0 Å². The summed E-state index contributed by atoms with van der Waals surface area (Å²) < 4.78 is 1.38. The number of β-amino-alcohol motifs (C(OH)–C–C–N with tert-alkyl or cyclic N) is 1. The van der Waals surface area contributed by atoms with Crippen LogP contribution < -0.4 is 0 Å². The Morgan fingerprint density at radius 3 is 2.77 bits per heavy atom. The summed E-state index contributed by atoms with van der Waals surface area (Å²) >= 11 is 1.89. The zero-order chi connectivity index (χ0) is 18.3. The molecule has 0 aliphatic carbocycles. The Balaban J connectivity index is 1.45. The van der Waals surface area contributed by atoms with Gasteiger partial charge in [0.1, 0.15) is 0 Å². The minimum atomic E-state index is -0.373. The molecule has 2 fully saturated rings. The Kier molecular flexibility index (Phi) is 4.80. The van der Waals surface area contributed by atoms with Crippen molar-refractivity contribution < 1.29 is 9.90 Å². The highest BCUT2D eigenvalue weighted by atomic mass is 32.1. The number of carbonyl (C=O) groups is 1. The number of amides is 1. The van der Waals surface area contributed by atoms with E-state index in [1.165, 1.54) is 20.5 Å². The van der Waals surface area contributed by atoms with E-state index < -0.39 is 0 Å². The van der Waals surface area contributed by atoms with Gasteiger partial charge < -0.3 is 10.0 Å². The molecule has 5 heteroatoms. The second-order valence-electron chi connectivity index (χ2n) is 8.17. The number of carbonyl (C=O) groups excluding carboxylic acids is 1. The number of hydrogen-bond donors (Lipinski definition) is 1. The Hall–Kier alpha value is -1.43. The van der Waals surface area contributed by atoms with Crippen molar-refractivity contribution in [1.82, 2.24) is 9.80 Å². The first-order chi connectivity index (χ1) is 12.5. The molecule has 2 aliphatic rings. The fourth-order valence-electron chi connectivity index (χ4n) is 4.78. The molecule has 1 amide bonds. The standard InChI is InChI=1S/C21H28N2O2S/c1-15-19(18-5-3-4-6-20(18)26-15)13-22-9-7-21(8-10-22)11-17(25)12-23(14-21)16(2)24/h3-6,17,25H,7-14H2,1-2H3. The molecule has 2 aliphatic heterocycles. The van der Waals surface area contributed by atoms with Crippen LogP contribution in [0, 0.1) is 12.3 Å². The van der Waals surface area contributed by atoms with Crippen molar-refractivity contribution in [1.29, 1.82) is 0 Å². The van der Waals surface area contributed by atoms with Crippen LogP contribution in [0.15, 0.2) is 24.3 Å². The number of piperidine rings is 2. The summed E-state index contributed by atoms with van der Waals surface area (Å²) in [4.78, 5) is 17.6. The molecule has 1 unspecified atom stereocenters. The number of aliphatic hydroxyl groups is 1. The maximum absolute atomic E-state index is 11.8. The van der Waals surface area contributed by atoms with Crippen LogP contribution in [0.1, 0.15) is 36.6 Å². The van der Waals surface area contributed by atoms with E-state index in [1.54, 1.807) is 6.92 Å². The molecular weight excluding hydrogens is 344 g/mol. The molecule has 1 atom stereocenters. The minimum absolute atomic E-state index is 0.0888. The first-order valence-corrected chi connectivity index (χ1v) is 10.4. The van der Waals surface area contributed by atoms with Gasteiger partial charge >= 0.3 is 0 Å². The highest BCUT2D eigenvalue weighted by molar-refractivity contribution is 7.19. The summed E-state index contributed by atoms with van der Waals surface area (Å²) in [6, 6.07) is 8.69. The number of aliphatic hydroxyl groups excluding tert-OH is 1. The highest BCUT2D eigenvalue weighted by Gasteiger charge is 2.42. The molecule has 0 radical (unpaired) electrons. The van der Waals surface area contributed by atoms with E-state index in [9.17, 15) is 9.90 Å².